The van der Waals surface area contributed by atoms with Crippen molar-refractivity contribution in [3.05, 3.63) is 54.4 Å². The summed E-state index contributed by atoms with van der Waals surface area (Å²) < 4.78 is 5.29. The smallest absolute Gasteiger partial charge is 0.251 e. The van der Waals surface area contributed by atoms with Gasteiger partial charge in [0.1, 0.15) is 5.75 Å². The van der Waals surface area contributed by atoms with Gasteiger partial charge >= 0.3 is 0 Å². The highest BCUT2D eigenvalue weighted by Crippen LogP contribution is 2.26. The number of likely N-dealkylation sites (N-methyl/N-ethyl adjacent to an activating group) is 1. The first-order valence-electron chi connectivity index (χ1n) is 10.6. The monoisotopic (exact) mass is 439 g/mol. The van der Waals surface area contributed by atoms with Crippen LogP contribution in [0.2, 0.25) is 0 Å². The normalized spacial score (nSPS) is 15.4. The molecular formula is C23H29N5O4. The summed E-state index contributed by atoms with van der Waals surface area (Å²) in [5, 5.41) is 5.20. The first-order chi connectivity index (χ1) is 15.5. The van der Waals surface area contributed by atoms with E-state index in [0.29, 0.717) is 38.3 Å². The number of hydrogen-bond donors (Lipinski definition) is 2. The van der Waals surface area contributed by atoms with Gasteiger partial charge in [-0.25, -0.2) is 0 Å². The molecule has 1 aromatic heterocycles. The second kappa shape index (κ2) is 10.6. The fourth-order valence-electron chi connectivity index (χ4n) is 3.97. The lowest BCUT2D eigenvalue weighted by Crippen LogP contribution is -2.55. The maximum atomic E-state index is 13.0. The zero-order valence-corrected chi connectivity index (χ0v) is 18.4. The van der Waals surface area contributed by atoms with E-state index in [1.807, 2.05) is 24.3 Å². The lowest BCUT2D eigenvalue weighted by molar-refractivity contribution is -0.134. The lowest BCUT2D eigenvalue weighted by Gasteiger charge is -2.37. The highest BCUT2D eigenvalue weighted by atomic mass is 16.5. The van der Waals surface area contributed by atoms with Crippen LogP contribution in [0.3, 0.4) is 0 Å². The van der Waals surface area contributed by atoms with E-state index in [1.54, 1.807) is 36.4 Å². The lowest BCUT2D eigenvalue weighted by atomic mass is 9.87. The zero-order valence-electron chi connectivity index (χ0n) is 18.4. The second-order valence-electron chi connectivity index (χ2n) is 7.53. The van der Waals surface area contributed by atoms with Crippen molar-refractivity contribution in [1.29, 1.82) is 0 Å². The number of methoxy groups -OCH3 is 1. The molecule has 0 saturated carbocycles. The minimum Gasteiger partial charge on any atom is -0.497 e. The highest BCUT2D eigenvalue weighted by molar-refractivity contribution is 5.89. The molecule has 0 spiro atoms. The molecule has 9 heteroatoms. The van der Waals surface area contributed by atoms with Gasteiger partial charge in [0.2, 0.25) is 12.3 Å². The van der Waals surface area contributed by atoms with Crippen molar-refractivity contribution >= 4 is 23.9 Å². The number of nitrogens with zero attached hydrogens (tertiary/aromatic N) is 3. The van der Waals surface area contributed by atoms with Crippen molar-refractivity contribution in [2.75, 3.05) is 45.2 Å². The molecule has 1 atom stereocenters. The van der Waals surface area contributed by atoms with Gasteiger partial charge in [-0.15, -0.1) is 0 Å². The van der Waals surface area contributed by atoms with Crippen LogP contribution < -0.4 is 20.3 Å². The van der Waals surface area contributed by atoms with Crippen LogP contribution in [-0.4, -0.2) is 68.4 Å². The van der Waals surface area contributed by atoms with Gasteiger partial charge in [-0.05, 0) is 30.7 Å². The molecule has 1 saturated heterocycles. The third-order valence-electron chi connectivity index (χ3n) is 5.79. The Kier molecular flexibility index (Phi) is 7.64. The molecule has 1 aromatic carbocycles. The number of benzene rings is 1. The van der Waals surface area contributed by atoms with E-state index >= 15 is 0 Å². The number of aromatic nitrogens is 1. The minimum absolute atomic E-state index is 0.0628. The predicted octanol–water partition coefficient (Wildman–Crippen LogP) is 0.907. The van der Waals surface area contributed by atoms with Gasteiger partial charge < -0.3 is 25.2 Å². The molecule has 32 heavy (non-hydrogen) atoms. The quantitative estimate of drug-likeness (QED) is 0.563. The Labute approximate surface area is 187 Å². The summed E-state index contributed by atoms with van der Waals surface area (Å²) in [6, 6.07) is 13.0. The number of nitrogens with one attached hydrogen (secondary N) is 2. The molecule has 0 bridgehead atoms. The largest absolute Gasteiger partial charge is 0.497 e. The molecule has 3 amide bonds. The molecule has 1 fully saturated rings. The van der Waals surface area contributed by atoms with Crippen LogP contribution in [0.5, 0.6) is 5.75 Å². The fourth-order valence-corrected chi connectivity index (χ4v) is 3.97. The number of pyridine rings is 1. The van der Waals surface area contributed by atoms with Gasteiger partial charge in [-0.1, -0.05) is 12.1 Å². The van der Waals surface area contributed by atoms with Crippen molar-refractivity contribution in [3.8, 4) is 5.75 Å². The van der Waals surface area contributed by atoms with Crippen LogP contribution in [0.4, 0.5) is 5.69 Å². The van der Waals surface area contributed by atoms with Crippen LogP contribution in [0.15, 0.2) is 48.7 Å². The molecule has 0 radical (unpaired) electrons. The summed E-state index contributed by atoms with van der Waals surface area (Å²) in [6.07, 6.45) is 2.24. The molecular weight excluding hydrogens is 410 g/mol. The van der Waals surface area contributed by atoms with E-state index in [9.17, 15) is 14.4 Å². The van der Waals surface area contributed by atoms with Crippen molar-refractivity contribution in [1.82, 2.24) is 20.5 Å². The van der Waals surface area contributed by atoms with E-state index in [2.05, 4.69) is 20.5 Å². The molecule has 3 rings (SSSR count). The Morgan fingerprint density at radius 2 is 1.94 bits per heavy atom. The molecule has 1 unspecified atom stereocenters. The SMILES string of the molecule is CNC(=O)C(CCC(=O)N1CCN(c2cccc(OC)c2)CC1)(NC=O)c1ccccn1. The van der Waals surface area contributed by atoms with Crippen LogP contribution in [0.1, 0.15) is 18.5 Å². The van der Waals surface area contributed by atoms with Gasteiger partial charge in [0.15, 0.2) is 5.54 Å². The standard InChI is InChI=1S/C23H29N5O4/c1-24-22(31)23(26-17-29,20-8-3-4-11-25-20)10-9-21(30)28-14-12-27(13-15-28)18-6-5-7-19(16-18)32-2/h3-8,11,16-17H,9-10,12-15H2,1-2H3,(H,24,31)(H,26,29). The van der Waals surface area contributed by atoms with Crippen LogP contribution in [0, 0.1) is 0 Å². The summed E-state index contributed by atoms with van der Waals surface area (Å²) in [6.45, 7) is 2.56. The predicted molar refractivity (Wildman–Crippen MR) is 120 cm³/mol. The minimum atomic E-state index is -1.41. The van der Waals surface area contributed by atoms with E-state index in [-0.39, 0.29) is 18.7 Å². The van der Waals surface area contributed by atoms with Crippen LogP contribution in [-0.2, 0) is 19.9 Å². The number of hydrogen-bond acceptors (Lipinski definition) is 6. The first-order valence-corrected chi connectivity index (χ1v) is 10.6. The number of anilines is 1. The van der Waals surface area contributed by atoms with E-state index in [0.717, 1.165) is 11.4 Å². The number of rotatable bonds is 9. The summed E-state index contributed by atoms with van der Waals surface area (Å²) in [4.78, 5) is 45.3. The summed E-state index contributed by atoms with van der Waals surface area (Å²) in [7, 11) is 3.13. The maximum Gasteiger partial charge on any atom is 0.251 e. The average molecular weight is 440 g/mol. The summed E-state index contributed by atoms with van der Waals surface area (Å²) in [5.41, 5.74) is 0.0399. The molecule has 170 valence electrons. The van der Waals surface area contributed by atoms with E-state index in [4.69, 9.17) is 4.74 Å². The van der Waals surface area contributed by atoms with Gasteiger partial charge in [0, 0.05) is 57.6 Å². The number of carbonyl (C=O) groups excluding carboxylic acids is 3. The average Bonchev–Trinajstić information content (AvgIpc) is 2.86. The van der Waals surface area contributed by atoms with E-state index < -0.39 is 11.4 Å². The topological polar surface area (TPSA) is 104 Å². The van der Waals surface area contributed by atoms with Gasteiger partial charge in [-0.3, -0.25) is 19.4 Å². The third kappa shape index (κ3) is 4.99. The first kappa shape index (κ1) is 23.1. The van der Waals surface area contributed by atoms with Crippen molar-refractivity contribution in [2.24, 2.45) is 0 Å². The number of carbonyl (C=O) groups is 3. The third-order valence-corrected chi connectivity index (χ3v) is 5.79. The molecule has 2 N–H and O–H groups in total. The molecule has 1 aliphatic rings. The Bertz CT molecular complexity index is 931. The van der Waals surface area contributed by atoms with Crippen molar-refractivity contribution in [2.45, 2.75) is 18.4 Å². The summed E-state index contributed by atoms with van der Waals surface area (Å²) >= 11 is 0. The van der Waals surface area contributed by atoms with Crippen molar-refractivity contribution < 1.29 is 19.1 Å². The molecule has 1 aliphatic heterocycles. The second-order valence-corrected chi connectivity index (χ2v) is 7.53. The molecule has 0 aliphatic carbocycles. The van der Waals surface area contributed by atoms with Crippen LogP contribution >= 0.6 is 0 Å². The number of amides is 3. The Balaban J connectivity index is 1.65. The molecule has 9 nitrogen and oxygen atoms in total. The Morgan fingerprint density at radius 3 is 2.56 bits per heavy atom. The Hall–Kier alpha value is -3.62. The van der Waals surface area contributed by atoms with Gasteiger partial charge in [0.05, 0.1) is 12.8 Å². The van der Waals surface area contributed by atoms with Crippen molar-refractivity contribution in [3.63, 3.8) is 0 Å². The number of ether oxygens (including phenoxy) is 1. The molecule has 2 aromatic rings. The summed E-state index contributed by atoms with van der Waals surface area (Å²) in [5.74, 6) is 0.315. The number of piperazine rings is 1. The van der Waals surface area contributed by atoms with Crippen LogP contribution in [0.25, 0.3) is 0 Å². The van der Waals surface area contributed by atoms with E-state index in [1.165, 1.54) is 7.05 Å². The Morgan fingerprint density at radius 1 is 1.16 bits per heavy atom. The molecule has 2 heterocycles. The van der Waals surface area contributed by atoms with Gasteiger partial charge in [-0.2, -0.15) is 0 Å². The van der Waals surface area contributed by atoms with Gasteiger partial charge in [0.25, 0.3) is 5.91 Å². The maximum absolute atomic E-state index is 13.0. The highest BCUT2D eigenvalue weighted by Gasteiger charge is 2.41. The zero-order chi connectivity index (χ0) is 23.0. The fraction of sp³-hybridized carbons (Fsp3) is 0.391.